The molecule has 0 unspecified atom stereocenters. The Morgan fingerprint density at radius 1 is 0.967 bits per heavy atom. The minimum Gasteiger partial charge on any atom is -0.352 e. The fourth-order valence-corrected chi connectivity index (χ4v) is 3.16. The molecule has 2 amide bonds. The zero-order chi connectivity index (χ0) is 20.9. The number of aryl methyl sites for hydroxylation is 1. The Hall–Kier alpha value is -4.07. The number of hydrogen-bond donors (Lipinski definition) is 2. The molecule has 0 radical (unpaired) electrons. The lowest BCUT2D eigenvalue weighted by Crippen LogP contribution is -2.27. The standard InChI is InChI=1S/C22H20N6O2/c1-28-21(25-26-27-28)17-7-4-8-19(14-17)24-20(29)11-12-23-22(30)18-10-9-15-5-2-3-6-16(15)13-18/h2-10,13-14H,11-12H2,1H3,(H,23,30)(H,24,29). The number of amides is 2. The van der Waals surface area contributed by atoms with E-state index in [4.69, 9.17) is 0 Å². The number of carbonyl (C=O) groups excluding carboxylic acids is 2. The lowest BCUT2D eigenvalue weighted by Gasteiger charge is -2.08. The third-order valence-electron chi connectivity index (χ3n) is 4.67. The van der Waals surface area contributed by atoms with E-state index in [1.54, 1.807) is 29.9 Å². The number of rotatable bonds is 6. The van der Waals surface area contributed by atoms with Gasteiger partial charge in [0.25, 0.3) is 5.91 Å². The summed E-state index contributed by atoms with van der Waals surface area (Å²) in [5.74, 6) is 0.209. The zero-order valence-corrected chi connectivity index (χ0v) is 16.4. The second-order valence-corrected chi connectivity index (χ2v) is 6.82. The van der Waals surface area contributed by atoms with Gasteiger partial charge in [-0.1, -0.05) is 42.5 Å². The Kier molecular flexibility index (Phi) is 5.47. The molecule has 0 fully saturated rings. The Bertz CT molecular complexity index is 1220. The van der Waals surface area contributed by atoms with E-state index < -0.39 is 0 Å². The van der Waals surface area contributed by atoms with Crippen molar-refractivity contribution in [2.75, 3.05) is 11.9 Å². The van der Waals surface area contributed by atoms with Crippen LogP contribution >= 0.6 is 0 Å². The molecule has 2 N–H and O–H groups in total. The average Bonchev–Trinajstić information content (AvgIpc) is 3.19. The van der Waals surface area contributed by atoms with E-state index in [1.165, 1.54) is 0 Å². The number of nitrogens with zero attached hydrogens (tertiary/aromatic N) is 4. The molecule has 0 atom stereocenters. The largest absolute Gasteiger partial charge is 0.352 e. The molecule has 0 aliphatic heterocycles. The molecule has 30 heavy (non-hydrogen) atoms. The molecule has 0 spiro atoms. The van der Waals surface area contributed by atoms with Crippen molar-refractivity contribution >= 4 is 28.3 Å². The van der Waals surface area contributed by atoms with Gasteiger partial charge in [0, 0.05) is 36.8 Å². The summed E-state index contributed by atoms with van der Waals surface area (Å²) in [5.41, 5.74) is 2.00. The van der Waals surface area contributed by atoms with Gasteiger partial charge in [0.05, 0.1) is 0 Å². The normalized spacial score (nSPS) is 10.7. The van der Waals surface area contributed by atoms with E-state index in [0.29, 0.717) is 17.1 Å². The van der Waals surface area contributed by atoms with Gasteiger partial charge in [0.15, 0.2) is 5.82 Å². The van der Waals surface area contributed by atoms with Crippen molar-refractivity contribution in [1.82, 2.24) is 25.5 Å². The van der Waals surface area contributed by atoms with Gasteiger partial charge in [0.2, 0.25) is 5.91 Å². The van der Waals surface area contributed by atoms with Crippen LogP contribution in [-0.2, 0) is 11.8 Å². The molecule has 8 nitrogen and oxygen atoms in total. The van der Waals surface area contributed by atoms with Crippen LogP contribution in [0.3, 0.4) is 0 Å². The van der Waals surface area contributed by atoms with Crippen LogP contribution in [0.2, 0.25) is 0 Å². The maximum Gasteiger partial charge on any atom is 0.251 e. The molecule has 150 valence electrons. The first kappa shape index (κ1) is 19.3. The molecule has 0 bridgehead atoms. The summed E-state index contributed by atoms with van der Waals surface area (Å²) in [5, 5.41) is 19.1. The molecule has 1 heterocycles. The first-order valence-corrected chi connectivity index (χ1v) is 9.50. The van der Waals surface area contributed by atoms with Crippen molar-refractivity contribution in [3.8, 4) is 11.4 Å². The van der Waals surface area contributed by atoms with Crippen molar-refractivity contribution in [3.05, 3.63) is 72.3 Å². The van der Waals surface area contributed by atoms with Gasteiger partial charge in [-0.05, 0) is 45.5 Å². The molecular formula is C22H20N6O2. The van der Waals surface area contributed by atoms with Crippen LogP contribution in [0.15, 0.2) is 66.7 Å². The number of carbonyl (C=O) groups is 2. The number of anilines is 1. The highest BCUT2D eigenvalue weighted by atomic mass is 16.2. The maximum atomic E-state index is 12.4. The van der Waals surface area contributed by atoms with E-state index in [9.17, 15) is 9.59 Å². The monoisotopic (exact) mass is 400 g/mol. The average molecular weight is 400 g/mol. The molecule has 4 rings (SSSR count). The molecule has 8 heteroatoms. The third-order valence-corrected chi connectivity index (χ3v) is 4.67. The minimum absolute atomic E-state index is 0.162. The molecule has 0 aliphatic rings. The fraction of sp³-hybridized carbons (Fsp3) is 0.136. The lowest BCUT2D eigenvalue weighted by molar-refractivity contribution is -0.116. The summed E-state index contributed by atoms with van der Waals surface area (Å²) < 4.78 is 1.56. The molecular weight excluding hydrogens is 380 g/mol. The molecule has 3 aromatic carbocycles. The van der Waals surface area contributed by atoms with Gasteiger partial charge < -0.3 is 10.6 Å². The second kappa shape index (κ2) is 8.52. The second-order valence-electron chi connectivity index (χ2n) is 6.82. The summed E-state index contributed by atoms with van der Waals surface area (Å²) in [6, 6.07) is 20.7. The predicted octanol–water partition coefficient (Wildman–Crippen LogP) is 2.79. The van der Waals surface area contributed by atoms with Crippen LogP contribution in [0.5, 0.6) is 0 Å². The van der Waals surface area contributed by atoms with Gasteiger partial charge in [-0.25, -0.2) is 4.68 Å². The predicted molar refractivity (Wildman–Crippen MR) is 114 cm³/mol. The van der Waals surface area contributed by atoms with Crippen molar-refractivity contribution in [2.24, 2.45) is 7.05 Å². The Morgan fingerprint density at radius 3 is 2.60 bits per heavy atom. The zero-order valence-electron chi connectivity index (χ0n) is 16.4. The van der Waals surface area contributed by atoms with Crippen molar-refractivity contribution in [2.45, 2.75) is 6.42 Å². The fourth-order valence-electron chi connectivity index (χ4n) is 3.16. The highest BCUT2D eigenvalue weighted by Gasteiger charge is 2.10. The van der Waals surface area contributed by atoms with E-state index in [0.717, 1.165) is 16.3 Å². The first-order chi connectivity index (χ1) is 14.6. The van der Waals surface area contributed by atoms with E-state index >= 15 is 0 Å². The van der Waals surface area contributed by atoms with Crippen LogP contribution in [0, 0.1) is 0 Å². The molecule has 1 aromatic heterocycles. The summed E-state index contributed by atoms with van der Waals surface area (Å²) in [6.45, 7) is 0.240. The topological polar surface area (TPSA) is 102 Å². The Labute approximate surface area is 172 Å². The SMILES string of the molecule is Cn1nnnc1-c1cccc(NC(=O)CCNC(=O)c2ccc3ccccc3c2)c1. The highest BCUT2D eigenvalue weighted by Crippen LogP contribution is 2.19. The molecule has 4 aromatic rings. The lowest BCUT2D eigenvalue weighted by atomic mass is 10.1. The van der Waals surface area contributed by atoms with Gasteiger partial charge in [-0.3, -0.25) is 9.59 Å². The minimum atomic E-state index is -0.203. The third kappa shape index (κ3) is 4.33. The van der Waals surface area contributed by atoms with Gasteiger partial charge in [0.1, 0.15) is 0 Å². The van der Waals surface area contributed by atoms with Crippen molar-refractivity contribution in [3.63, 3.8) is 0 Å². The quantitative estimate of drug-likeness (QED) is 0.518. The Morgan fingerprint density at radius 2 is 1.80 bits per heavy atom. The maximum absolute atomic E-state index is 12.4. The number of tetrazole rings is 1. The molecule has 0 saturated carbocycles. The van der Waals surface area contributed by atoms with Crippen LogP contribution in [0.4, 0.5) is 5.69 Å². The molecule has 0 aliphatic carbocycles. The smallest absolute Gasteiger partial charge is 0.251 e. The van der Waals surface area contributed by atoms with Crippen LogP contribution in [0.1, 0.15) is 16.8 Å². The van der Waals surface area contributed by atoms with Crippen molar-refractivity contribution < 1.29 is 9.59 Å². The van der Waals surface area contributed by atoms with Crippen LogP contribution in [-0.4, -0.2) is 38.6 Å². The summed E-state index contributed by atoms with van der Waals surface area (Å²) >= 11 is 0. The highest BCUT2D eigenvalue weighted by molar-refractivity contribution is 5.99. The summed E-state index contributed by atoms with van der Waals surface area (Å²) in [4.78, 5) is 24.6. The van der Waals surface area contributed by atoms with Crippen molar-refractivity contribution in [1.29, 1.82) is 0 Å². The summed E-state index contributed by atoms with van der Waals surface area (Å²) in [7, 11) is 1.75. The Balaban J connectivity index is 1.31. The number of benzene rings is 3. The van der Waals surface area contributed by atoms with E-state index in [-0.39, 0.29) is 24.8 Å². The number of fused-ring (bicyclic) bond motifs is 1. The van der Waals surface area contributed by atoms with Gasteiger partial charge >= 0.3 is 0 Å². The molecule has 0 saturated heterocycles. The summed E-state index contributed by atoms with van der Waals surface area (Å²) in [6.07, 6.45) is 0.162. The first-order valence-electron chi connectivity index (χ1n) is 9.50. The van der Waals surface area contributed by atoms with Crippen LogP contribution < -0.4 is 10.6 Å². The van der Waals surface area contributed by atoms with E-state index in [1.807, 2.05) is 48.5 Å². The van der Waals surface area contributed by atoms with Crippen LogP contribution in [0.25, 0.3) is 22.2 Å². The van der Waals surface area contributed by atoms with Gasteiger partial charge in [-0.15, -0.1) is 5.10 Å². The van der Waals surface area contributed by atoms with E-state index in [2.05, 4.69) is 26.2 Å². The van der Waals surface area contributed by atoms with Gasteiger partial charge in [-0.2, -0.15) is 0 Å². The number of hydrogen-bond acceptors (Lipinski definition) is 5. The number of nitrogens with one attached hydrogen (secondary N) is 2. The number of aromatic nitrogens is 4.